The van der Waals surface area contributed by atoms with Crippen molar-refractivity contribution in [3.8, 4) is 0 Å². The molecule has 2 amide bonds. The Morgan fingerprint density at radius 1 is 0.886 bits per heavy atom. The van der Waals surface area contributed by atoms with Crippen LogP contribution in [0.5, 0.6) is 0 Å². The molecule has 2 atom stereocenters. The number of hydrogen-bond acceptors (Lipinski definition) is 4. The standard InChI is InChI=1S/C26H27Cl2N5O2/c1-14(2)31-21-11-10-19(28)12-20(21)26(25(31)35)13-22(34)32(15(3)4)24-23(26)29-30-33(24)16(5)17-6-8-18(27)9-7-17/h6-12,14-16H,13H2,1-5H3/t16-,26+/m0/s1. The molecule has 35 heavy (non-hydrogen) atoms. The molecule has 182 valence electrons. The third-order valence-corrected chi connectivity index (χ3v) is 7.49. The molecule has 0 radical (unpaired) electrons. The highest BCUT2D eigenvalue weighted by Crippen LogP contribution is 2.54. The van der Waals surface area contributed by atoms with Crippen molar-refractivity contribution in [2.24, 2.45) is 0 Å². The molecule has 2 aromatic carbocycles. The summed E-state index contributed by atoms with van der Waals surface area (Å²) >= 11 is 12.5. The van der Waals surface area contributed by atoms with Gasteiger partial charge >= 0.3 is 0 Å². The molecule has 2 aliphatic heterocycles. The second-order valence-corrected chi connectivity index (χ2v) is 10.7. The third-order valence-electron chi connectivity index (χ3n) is 7.00. The fourth-order valence-electron chi connectivity index (χ4n) is 5.38. The summed E-state index contributed by atoms with van der Waals surface area (Å²) in [4.78, 5) is 31.4. The van der Waals surface area contributed by atoms with Crippen LogP contribution in [0.25, 0.3) is 0 Å². The highest BCUT2D eigenvalue weighted by atomic mass is 35.5. The fraction of sp³-hybridized carbons (Fsp3) is 0.385. The maximum absolute atomic E-state index is 14.2. The lowest BCUT2D eigenvalue weighted by Crippen LogP contribution is -2.53. The van der Waals surface area contributed by atoms with Crippen LogP contribution >= 0.6 is 23.2 Å². The number of aromatic nitrogens is 3. The van der Waals surface area contributed by atoms with Gasteiger partial charge in [0, 0.05) is 27.8 Å². The molecule has 9 heteroatoms. The Kier molecular flexibility index (Phi) is 5.68. The van der Waals surface area contributed by atoms with Crippen LogP contribution in [0.3, 0.4) is 0 Å². The van der Waals surface area contributed by atoms with Gasteiger partial charge in [-0.15, -0.1) is 5.10 Å². The number of anilines is 2. The Morgan fingerprint density at radius 3 is 2.14 bits per heavy atom. The van der Waals surface area contributed by atoms with Crippen LogP contribution in [-0.4, -0.2) is 38.9 Å². The van der Waals surface area contributed by atoms with Gasteiger partial charge in [0.25, 0.3) is 0 Å². The molecule has 7 nitrogen and oxygen atoms in total. The number of carbonyl (C=O) groups is 2. The van der Waals surface area contributed by atoms with E-state index in [-0.39, 0.29) is 36.4 Å². The molecule has 0 bridgehead atoms. The van der Waals surface area contributed by atoms with E-state index >= 15 is 0 Å². The van der Waals surface area contributed by atoms with Crippen molar-refractivity contribution in [3.63, 3.8) is 0 Å². The van der Waals surface area contributed by atoms with Crippen LogP contribution in [0.4, 0.5) is 11.5 Å². The monoisotopic (exact) mass is 511 g/mol. The maximum atomic E-state index is 14.2. The van der Waals surface area contributed by atoms with E-state index in [1.807, 2.05) is 65.0 Å². The first-order valence-corrected chi connectivity index (χ1v) is 12.5. The highest BCUT2D eigenvalue weighted by Gasteiger charge is 2.60. The van der Waals surface area contributed by atoms with Crippen LogP contribution in [0.15, 0.2) is 42.5 Å². The number of amides is 2. The molecule has 0 fully saturated rings. The van der Waals surface area contributed by atoms with Gasteiger partial charge in [0.05, 0.1) is 12.5 Å². The molecule has 0 aliphatic carbocycles. The smallest absolute Gasteiger partial charge is 0.244 e. The quantitative estimate of drug-likeness (QED) is 0.471. The minimum absolute atomic E-state index is 0.0262. The molecule has 0 saturated heterocycles. The lowest BCUT2D eigenvalue weighted by atomic mass is 9.73. The molecule has 3 aromatic rings. The lowest BCUT2D eigenvalue weighted by molar-refractivity contribution is -0.128. The zero-order valence-corrected chi connectivity index (χ0v) is 21.8. The summed E-state index contributed by atoms with van der Waals surface area (Å²) in [5.41, 5.74) is 1.63. The van der Waals surface area contributed by atoms with Crippen LogP contribution in [0, 0.1) is 0 Å². The van der Waals surface area contributed by atoms with E-state index in [0.717, 1.165) is 11.3 Å². The number of fused-ring (bicyclic) bond motifs is 4. The number of hydrogen-bond donors (Lipinski definition) is 0. The number of nitrogens with zero attached hydrogens (tertiary/aromatic N) is 5. The Hall–Kier alpha value is -2.90. The van der Waals surface area contributed by atoms with E-state index in [1.165, 1.54) is 0 Å². The van der Waals surface area contributed by atoms with Crippen molar-refractivity contribution in [2.45, 2.75) is 64.6 Å². The van der Waals surface area contributed by atoms with Gasteiger partial charge in [-0.2, -0.15) is 0 Å². The topological polar surface area (TPSA) is 71.3 Å². The predicted octanol–water partition coefficient (Wildman–Crippen LogP) is 5.38. The molecule has 1 spiro atoms. The first-order valence-electron chi connectivity index (χ1n) is 11.7. The van der Waals surface area contributed by atoms with Crippen molar-refractivity contribution in [3.05, 3.63) is 69.3 Å². The molecule has 0 saturated carbocycles. The lowest BCUT2D eigenvalue weighted by Gasteiger charge is -2.39. The maximum Gasteiger partial charge on any atom is 0.244 e. The molecule has 3 heterocycles. The molecule has 5 rings (SSSR count). The summed E-state index contributed by atoms with van der Waals surface area (Å²) in [6.45, 7) is 9.81. The van der Waals surface area contributed by atoms with E-state index in [1.54, 1.807) is 26.6 Å². The summed E-state index contributed by atoms with van der Waals surface area (Å²) in [6, 6.07) is 12.4. The first kappa shape index (κ1) is 23.8. The van der Waals surface area contributed by atoms with Gasteiger partial charge in [-0.3, -0.25) is 14.5 Å². The highest BCUT2D eigenvalue weighted by molar-refractivity contribution is 6.31. The Morgan fingerprint density at radius 2 is 1.51 bits per heavy atom. The Bertz CT molecular complexity index is 1330. The first-order chi connectivity index (χ1) is 16.6. The third kappa shape index (κ3) is 3.39. The zero-order chi connectivity index (χ0) is 25.2. The second kappa shape index (κ2) is 8.35. The average Bonchev–Trinajstić information content (AvgIpc) is 3.32. The van der Waals surface area contributed by atoms with Gasteiger partial charge in [0.2, 0.25) is 11.8 Å². The molecule has 0 N–H and O–H groups in total. The SMILES string of the molecule is CC(C)N1C(=O)[C@]2(CC(=O)N(C(C)C)c3c2nnn3[C@@H](C)c2ccc(Cl)cc2)c2cc(Cl)ccc21. The summed E-state index contributed by atoms with van der Waals surface area (Å²) in [5.74, 6) is 0.224. The second-order valence-electron chi connectivity index (χ2n) is 9.80. The minimum Gasteiger partial charge on any atom is -0.308 e. The van der Waals surface area contributed by atoms with Crippen molar-refractivity contribution >= 4 is 46.5 Å². The van der Waals surface area contributed by atoms with Crippen molar-refractivity contribution in [1.29, 1.82) is 0 Å². The van der Waals surface area contributed by atoms with E-state index < -0.39 is 5.41 Å². The van der Waals surface area contributed by atoms with Crippen LogP contribution < -0.4 is 9.80 Å². The van der Waals surface area contributed by atoms with Crippen molar-refractivity contribution < 1.29 is 9.59 Å². The van der Waals surface area contributed by atoms with Gasteiger partial charge in [-0.05, 0) is 76.1 Å². The summed E-state index contributed by atoms with van der Waals surface area (Å²) in [7, 11) is 0. The summed E-state index contributed by atoms with van der Waals surface area (Å²) in [6.07, 6.45) is -0.0262. The zero-order valence-electron chi connectivity index (χ0n) is 20.3. The summed E-state index contributed by atoms with van der Waals surface area (Å²) in [5, 5.41) is 10.3. The number of benzene rings is 2. The van der Waals surface area contributed by atoms with Gasteiger partial charge < -0.3 is 4.90 Å². The number of halogens is 2. The molecule has 0 unspecified atom stereocenters. The van der Waals surface area contributed by atoms with E-state index in [4.69, 9.17) is 23.2 Å². The normalized spacial score (nSPS) is 20.3. The molecule has 1 aromatic heterocycles. The van der Waals surface area contributed by atoms with E-state index in [9.17, 15) is 9.59 Å². The fourth-order valence-corrected chi connectivity index (χ4v) is 5.68. The molecular formula is C26H27Cl2N5O2. The van der Waals surface area contributed by atoms with Crippen molar-refractivity contribution in [1.82, 2.24) is 15.0 Å². The van der Waals surface area contributed by atoms with Gasteiger partial charge in [-0.25, -0.2) is 4.68 Å². The van der Waals surface area contributed by atoms with Crippen molar-refractivity contribution in [2.75, 3.05) is 9.80 Å². The Labute approximate surface area is 214 Å². The van der Waals surface area contributed by atoms with Gasteiger partial charge in [-0.1, -0.05) is 40.5 Å². The van der Waals surface area contributed by atoms with Gasteiger partial charge in [0.15, 0.2) is 5.82 Å². The number of rotatable bonds is 4. The molecular weight excluding hydrogens is 485 g/mol. The van der Waals surface area contributed by atoms with E-state index in [2.05, 4.69) is 10.3 Å². The van der Waals surface area contributed by atoms with Crippen LogP contribution in [0.2, 0.25) is 10.0 Å². The summed E-state index contributed by atoms with van der Waals surface area (Å²) < 4.78 is 1.74. The average molecular weight is 512 g/mol. The molecule has 2 aliphatic rings. The number of carbonyl (C=O) groups excluding carboxylic acids is 2. The van der Waals surface area contributed by atoms with Crippen LogP contribution in [0.1, 0.15) is 63.9 Å². The van der Waals surface area contributed by atoms with E-state index in [0.29, 0.717) is 27.1 Å². The Balaban J connectivity index is 1.78. The van der Waals surface area contributed by atoms with Gasteiger partial charge in [0.1, 0.15) is 11.1 Å². The largest absolute Gasteiger partial charge is 0.308 e. The minimum atomic E-state index is -1.28. The van der Waals surface area contributed by atoms with Crippen LogP contribution in [-0.2, 0) is 15.0 Å². The predicted molar refractivity (Wildman–Crippen MR) is 137 cm³/mol.